The van der Waals surface area contributed by atoms with Crippen LogP contribution in [0.1, 0.15) is 0 Å². The lowest BCUT2D eigenvalue weighted by Gasteiger charge is -2.29. The largest absolute Gasteiger partial charge is 0.509 e. The van der Waals surface area contributed by atoms with Crippen molar-refractivity contribution in [1.29, 1.82) is 0 Å². The minimum absolute atomic E-state index is 0.188. The highest BCUT2D eigenvalue weighted by Crippen LogP contribution is 2.22. The number of aromatic hydroxyl groups is 1. The van der Waals surface area contributed by atoms with Crippen molar-refractivity contribution in [2.45, 2.75) is 6.55 Å². The molecule has 0 aliphatic rings. The summed E-state index contributed by atoms with van der Waals surface area (Å²) in [6.45, 7) is 1.93. The first-order valence-electron chi connectivity index (χ1n) is 7.44. The molecule has 23 heavy (non-hydrogen) atoms. The zero-order valence-electron chi connectivity index (χ0n) is 12.8. The summed E-state index contributed by atoms with van der Waals surface area (Å²) < 4.78 is 12.5. The highest BCUT2D eigenvalue weighted by Gasteiger charge is 2.41. The van der Waals surface area contributed by atoms with Crippen LogP contribution >= 0.6 is 0 Å². The minimum atomic E-state index is -2.90. The quantitative estimate of drug-likeness (QED) is 0.726. The summed E-state index contributed by atoms with van der Waals surface area (Å²) in [6.07, 6.45) is 0. The first-order chi connectivity index (χ1) is 11.2. The molecule has 0 radical (unpaired) electrons. The summed E-state index contributed by atoms with van der Waals surface area (Å²) in [5.41, 5.74) is 0. The van der Waals surface area contributed by atoms with Crippen LogP contribution in [0.4, 0.5) is 0 Å². The maximum absolute atomic E-state index is 10.3. The predicted octanol–water partition coefficient (Wildman–Crippen LogP) is 3.83. The van der Waals surface area contributed by atoms with Crippen LogP contribution in [0.5, 0.6) is 17.2 Å². The zero-order chi connectivity index (χ0) is 16.1. The van der Waals surface area contributed by atoms with E-state index >= 15 is 0 Å². The van der Waals surface area contributed by atoms with E-state index in [1.807, 2.05) is 79.3 Å². The van der Waals surface area contributed by atoms with Gasteiger partial charge in [-0.15, -0.1) is 0 Å². The van der Waals surface area contributed by atoms with Gasteiger partial charge in [0, 0.05) is 6.55 Å². The third-order valence-electron chi connectivity index (χ3n) is 3.50. The Morgan fingerprint density at radius 2 is 1.09 bits per heavy atom. The molecule has 0 saturated heterocycles. The van der Waals surface area contributed by atoms with Crippen molar-refractivity contribution < 1.29 is 14.0 Å². The fraction of sp³-hybridized carbons (Fsp3) is 0.0526. The van der Waals surface area contributed by atoms with Gasteiger partial charge in [-0.25, -0.2) is 0 Å². The maximum Gasteiger partial charge on any atom is 0.496 e. The predicted molar refractivity (Wildman–Crippen MR) is 93.5 cm³/mol. The van der Waals surface area contributed by atoms with Gasteiger partial charge in [0.2, 0.25) is 0 Å². The van der Waals surface area contributed by atoms with Crippen molar-refractivity contribution in [3.8, 4) is 17.2 Å². The summed E-state index contributed by atoms with van der Waals surface area (Å²) >= 11 is 0. The number of rotatable bonds is 5. The summed E-state index contributed by atoms with van der Waals surface area (Å²) in [5.74, 6) is 1.63. The smallest absolute Gasteiger partial charge is 0.496 e. The van der Waals surface area contributed by atoms with E-state index in [9.17, 15) is 5.11 Å². The molecule has 0 bridgehead atoms. The second kappa shape index (κ2) is 6.58. The van der Waals surface area contributed by atoms with Gasteiger partial charge in [-0.1, -0.05) is 54.6 Å². The van der Waals surface area contributed by atoms with E-state index in [4.69, 9.17) is 8.85 Å². The number of para-hydroxylation sites is 3. The average Bonchev–Trinajstić information content (AvgIpc) is 2.57. The van der Waals surface area contributed by atoms with E-state index in [0.717, 1.165) is 11.5 Å². The fourth-order valence-corrected chi connectivity index (χ4v) is 4.80. The van der Waals surface area contributed by atoms with Gasteiger partial charge in [0.1, 0.15) is 17.2 Å². The molecule has 4 heteroatoms. The van der Waals surface area contributed by atoms with Crippen LogP contribution in [-0.4, -0.2) is 13.7 Å². The molecule has 1 N–H and O–H groups in total. The normalized spacial score (nSPS) is 11.0. The number of phenolic OH excluding ortho intramolecular Hbond substituents is 1. The molecule has 0 aliphatic carbocycles. The molecule has 0 amide bonds. The molecule has 0 spiro atoms. The molecule has 0 saturated carbocycles. The van der Waals surface area contributed by atoms with Crippen LogP contribution in [0.25, 0.3) is 0 Å². The molecule has 3 aromatic rings. The second-order valence-corrected chi connectivity index (χ2v) is 8.13. The van der Waals surface area contributed by atoms with Crippen molar-refractivity contribution in [3.63, 3.8) is 0 Å². The van der Waals surface area contributed by atoms with E-state index in [1.165, 1.54) is 0 Å². The average molecular weight is 322 g/mol. The van der Waals surface area contributed by atoms with E-state index in [0.29, 0.717) is 5.19 Å². The van der Waals surface area contributed by atoms with Crippen molar-refractivity contribution in [2.75, 3.05) is 0 Å². The van der Waals surface area contributed by atoms with Gasteiger partial charge in [0.25, 0.3) is 0 Å². The van der Waals surface area contributed by atoms with E-state index in [2.05, 4.69) is 0 Å². The van der Waals surface area contributed by atoms with Gasteiger partial charge >= 0.3 is 8.56 Å². The summed E-state index contributed by atoms with van der Waals surface area (Å²) in [7, 11) is -2.90. The number of hydrogen-bond acceptors (Lipinski definition) is 3. The van der Waals surface area contributed by atoms with E-state index < -0.39 is 8.56 Å². The molecular weight excluding hydrogens is 304 g/mol. The Balaban J connectivity index is 2.00. The molecule has 3 aromatic carbocycles. The molecule has 0 fully saturated rings. The van der Waals surface area contributed by atoms with E-state index in [-0.39, 0.29) is 5.75 Å². The molecule has 0 aliphatic heterocycles. The molecular formula is C19H18O3Si. The van der Waals surface area contributed by atoms with Crippen LogP contribution in [0, 0.1) is 0 Å². The molecule has 0 unspecified atom stereocenters. The van der Waals surface area contributed by atoms with Crippen molar-refractivity contribution >= 4 is 13.7 Å². The Labute approximate surface area is 137 Å². The summed E-state index contributed by atoms with van der Waals surface area (Å²) in [5, 5.41) is 11.0. The van der Waals surface area contributed by atoms with Crippen LogP contribution in [0.3, 0.4) is 0 Å². The van der Waals surface area contributed by atoms with Gasteiger partial charge in [0.05, 0.1) is 5.19 Å². The van der Waals surface area contributed by atoms with Crippen molar-refractivity contribution in [1.82, 2.24) is 0 Å². The van der Waals surface area contributed by atoms with Crippen molar-refractivity contribution in [3.05, 3.63) is 84.9 Å². The zero-order valence-corrected chi connectivity index (χ0v) is 13.8. The molecule has 3 rings (SSSR count). The molecule has 116 valence electrons. The topological polar surface area (TPSA) is 38.7 Å². The van der Waals surface area contributed by atoms with Crippen molar-refractivity contribution in [2.24, 2.45) is 0 Å². The third-order valence-corrected chi connectivity index (χ3v) is 6.16. The van der Waals surface area contributed by atoms with Gasteiger partial charge in [0.15, 0.2) is 0 Å². The van der Waals surface area contributed by atoms with Crippen LogP contribution in [-0.2, 0) is 0 Å². The van der Waals surface area contributed by atoms with Gasteiger partial charge in [-0.3, -0.25) is 0 Å². The second-order valence-electron chi connectivity index (χ2n) is 5.29. The third kappa shape index (κ3) is 3.55. The van der Waals surface area contributed by atoms with Gasteiger partial charge in [-0.05, 0) is 30.3 Å². The molecule has 0 aromatic heterocycles. The minimum Gasteiger partial charge on any atom is -0.509 e. The first kappa shape index (κ1) is 15.2. The number of benzene rings is 3. The lowest BCUT2D eigenvalue weighted by Crippen LogP contribution is -2.56. The Bertz CT molecular complexity index is 718. The summed E-state index contributed by atoms with van der Waals surface area (Å²) in [6, 6.07) is 26.3. The Morgan fingerprint density at radius 1 is 0.652 bits per heavy atom. The summed E-state index contributed by atoms with van der Waals surface area (Å²) in [4.78, 5) is 0. The van der Waals surface area contributed by atoms with Crippen LogP contribution in [0.15, 0.2) is 84.9 Å². The SMILES string of the molecule is C[Si](Oc1ccccc1)(Oc1ccccc1)c1ccccc1O. The van der Waals surface area contributed by atoms with Gasteiger partial charge < -0.3 is 14.0 Å². The molecule has 0 heterocycles. The Hall–Kier alpha value is -2.72. The lowest BCUT2D eigenvalue weighted by atomic mass is 10.3. The fourth-order valence-electron chi connectivity index (χ4n) is 2.42. The number of hydrogen-bond donors (Lipinski definition) is 1. The van der Waals surface area contributed by atoms with Crippen LogP contribution < -0.4 is 14.0 Å². The first-order valence-corrected chi connectivity index (χ1v) is 9.76. The van der Waals surface area contributed by atoms with Gasteiger partial charge in [-0.2, -0.15) is 0 Å². The van der Waals surface area contributed by atoms with Crippen LogP contribution in [0.2, 0.25) is 6.55 Å². The Morgan fingerprint density at radius 3 is 1.57 bits per heavy atom. The number of phenols is 1. The highest BCUT2D eigenvalue weighted by molar-refractivity contribution is 6.81. The monoisotopic (exact) mass is 322 g/mol. The van der Waals surface area contributed by atoms with E-state index in [1.54, 1.807) is 12.1 Å². The highest BCUT2D eigenvalue weighted by atomic mass is 28.4. The Kier molecular flexibility index (Phi) is 4.35. The molecule has 0 atom stereocenters. The standard InChI is InChI=1S/C19H18O3Si/c1-23(19-15-9-8-14-18(19)20,21-16-10-4-2-5-11-16)22-17-12-6-3-7-13-17/h2-15,20H,1H3. The maximum atomic E-state index is 10.3. The lowest BCUT2D eigenvalue weighted by molar-refractivity contribution is 0.403. The molecule has 3 nitrogen and oxygen atoms in total.